The van der Waals surface area contributed by atoms with Crippen molar-refractivity contribution in [3.05, 3.63) is 340 Å². The summed E-state index contributed by atoms with van der Waals surface area (Å²) in [4.78, 5) is 20.6. The van der Waals surface area contributed by atoms with E-state index in [-0.39, 0.29) is 0 Å². The molecular formula is C98H56N4O4. The Balaban J connectivity index is 0.000000133. The minimum Gasteiger partial charge on any atom is -0.456 e. The second-order valence-electron chi connectivity index (χ2n) is 27.4. The van der Waals surface area contributed by atoms with E-state index in [9.17, 15) is 0 Å². The van der Waals surface area contributed by atoms with Crippen LogP contribution in [-0.4, -0.2) is 19.9 Å². The van der Waals surface area contributed by atoms with Crippen molar-refractivity contribution >= 4 is 153 Å². The molecule has 492 valence electrons. The summed E-state index contributed by atoms with van der Waals surface area (Å²) in [6.07, 6.45) is 3.80. The van der Waals surface area contributed by atoms with E-state index in [2.05, 4.69) is 303 Å². The Morgan fingerprint density at radius 3 is 1.03 bits per heavy atom. The van der Waals surface area contributed by atoms with E-state index < -0.39 is 0 Å². The van der Waals surface area contributed by atoms with Crippen molar-refractivity contribution in [3.63, 3.8) is 0 Å². The van der Waals surface area contributed by atoms with E-state index in [4.69, 9.17) is 37.6 Å². The lowest BCUT2D eigenvalue weighted by Gasteiger charge is -2.12. The largest absolute Gasteiger partial charge is 0.456 e. The van der Waals surface area contributed by atoms with Gasteiger partial charge >= 0.3 is 0 Å². The van der Waals surface area contributed by atoms with Crippen LogP contribution in [0.25, 0.3) is 231 Å². The molecule has 106 heavy (non-hydrogen) atoms. The summed E-state index contributed by atoms with van der Waals surface area (Å²) in [5.41, 5.74) is 24.9. The van der Waals surface area contributed by atoms with Crippen molar-refractivity contribution in [1.29, 1.82) is 0 Å². The van der Waals surface area contributed by atoms with Gasteiger partial charge in [0.2, 0.25) is 0 Å². The van der Waals surface area contributed by atoms with E-state index in [0.29, 0.717) is 0 Å². The Hall–Kier alpha value is -14.3. The Bertz CT molecular complexity index is 7510. The first kappa shape index (κ1) is 59.4. The SMILES string of the molecule is c1ccc(-c2ccc3oc4cc5oc6c(-c7cccc(-c8cnc9c%10ccccc%10c%10ccccc%10c9n8)c7)cc(-c7ccccc7)cc6c5cc4c3c2)cc1.c1ccc(-c2cccc3c2oc2cc4oc5c(-c6cccc(-c7cnc8c9ccccc9c9ccccc9c8n7)c6)cccc5c4cc23)cc1. The first-order valence-corrected chi connectivity index (χ1v) is 35.7. The number of rotatable bonds is 7. The van der Waals surface area contributed by atoms with Gasteiger partial charge in [0.05, 0.1) is 45.8 Å². The Morgan fingerprint density at radius 2 is 0.519 bits per heavy atom. The lowest BCUT2D eigenvalue weighted by molar-refractivity contribution is 0.656. The van der Waals surface area contributed by atoms with Crippen LogP contribution in [0.4, 0.5) is 0 Å². The molecule has 0 fully saturated rings. The van der Waals surface area contributed by atoms with Gasteiger partial charge in [-0.15, -0.1) is 0 Å². The minimum absolute atomic E-state index is 0.789. The Kier molecular flexibility index (Phi) is 13.2. The van der Waals surface area contributed by atoms with Gasteiger partial charge in [0.25, 0.3) is 0 Å². The van der Waals surface area contributed by atoms with Gasteiger partial charge in [0.15, 0.2) is 0 Å². The maximum Gasteiger partial charge on any atom is 0.143 e. The third-order valence-corrected chi connectivity index (χ3v) is 21.4. The second kappa shape index (κ2) is 23.6. The molecule has 0 spiro atoms. The van der Waals surface area contributed by atoms with Crippen molar-refractivity contribution in [1.82, 2.24) is 19.9 Å². The van der Waals surface area contributed by atoms with E-state index in [1.54, 1.807) is 0 Å². The molecule has 0 unspecified atom stereocenters. The smallest absolute Gasteiger partial charge is 0.143 e. The molecule has 23 aromatic rings. The van der Waals surface area contributed by atoms with E-state index in [1.165, 1.54) is 27.1 Å². The maximum absolute atomic E-state index is 6.83. The third kappa shape index (κ3) is 9.48. The molecule has 0 amide bonds. The molecule has 0 aliphatic heterocycles. The van der Waals surface area contributed by atoms with Crippen molar-refractivity contribution in [2.45, 2.75) is 0 Å². The summed E-state index contributed by atoms with van der Waals surface area (Å²) in [6.45, 7) is 0. The number of benzene rings is 17. The van der Waals surface area contributed by atoms with Gasteiger partial charge in [-0.25, -0.2) is 9.97 Å². The van der Waals surface area contributed by atoms with Gasteiger partial charge in [0.1, 0.15) is 44.7 Å². The number of hydrogen-bond acceptors (Lipinski definition) is 8. The van der Waals surface area contributed by atoms with Crippen molar-refractivity contribution in [2.75, 3.05) is 0 Å². The van der Waals surface area contributed by atoms with Crippen LogP contribution in [0.3, 0.4) is 0 Å². The van der Waals surface area contributed by atoms with E-state index >= 15 is 0 Å². The number of hydrogen-bond donors (Lipinski definition) is 0. The molecule has 8 nitrogen and oxygen atoms in total. The van der Waals surface area contributed by atoms with Crippen molar-refractivity contribution in [2.24, 2.45) is 0 Å². The van der Waals surface area contributed by atoms with Crippen LogP contribution in [0, 0.1) is 0 Å². The third-order valence-electron chi connectivity index (χ3n) is 21.4. The first-order valence-electron chi connectivity index (χ1n) is 35.7. The first-order chi connectivity index (χ1) is 52.5. The van der Waals surface area contributed by atoms with E-state index in [0.717, 1.165) is 204 Å². The summed E-state index contributed by atoms with van der Waals surface area (Å²) in [5, 5.41) is 17.7. The fourth-order valence-corrected chi connectivity index (χ4v) is 16.3. The molecule has 0 aliphatic rings. The fourth-order valence-electron chi connectivity index (χ4n) is 16.3. The number of fused-ring (bicyclic) bond motifs is 24. The molecule has 23 rings (SSSR count). The van der Waals surface area contributed by atoms with Crippen LogP contribution in [0.2, 0.25) is 0 Å². The van der Waals surface area contributed by atoms with Gasteiger partial charge in [-0.3, -0.25) is 9.97 Å². The van der Waals surface area contributed by atoms with Gasteiger partial charge in [-0.05, 0) is 109 Å². The number of furan rings is 4. The van der Waals surface area contributed by atoms with Gasteiger partial charge in [0, 0.05) is 105 Å². The monoisotopic (exact) mass is 1350 g/mol. The lowest BCUT2D eigenvalue weighted by Crippen LogP contribution is -1.92. The molecule has 0 atom stereocenters. The predicted molar refractivity (Wildman–Crippen MR) is 436 cm³/mol. The van der Waals surface area contributed by atoms with Gasteiger partial charge in [-0.2, -0.15) is 0 Å². The maximum atomic E-state index is 6.83. The van der Waals surface area contributed by atoms with Crippen LogP contribution in [0.5, 0.6) is 0 Å². The molecule has 17 aromatic carbocycles. The summed E-state index contributed by atoms with van der Waals surface area (Å²) in [5.74, 6) is 0. The molecule has 0 saturated carbocycles. The molecule has 0 aliphatic carbocycles. The molecule has 0 saturated heterocycles. The van der Waals surface area contributed by atoms with Gasteiger partial charge in [-0.1, -0.05) is 267 Å². The van der Waals surface area contributed by atoms with Crippen LogP contribution >= 0.6 is 0 Å². The zero-order chi connectivity index (χ0) is 69.5. The molecule has 0 N–H and O–H groups in total. The standard InChI is InChI=1S/C52H30N2O2.C46H26N2O2/c1-3-12-31(13-4-1)33-22-23-47-42(25-33)43-28-44-45-27-36(32-14-5-2-6-15-32)26-41(52(45)56-49(44)29-48(43)55-47)34-16-11-17-35(24-34)46-30-53-50-39-20-9-7-18-37(39)38-19-8-10-21-40(38)51(50)54-46;1-2-11-27(12-3-1)30-19-9-21-36-38-24-39-37-22-10-20-31(46(37)50-42(39)25-41(38)49-45(30)36)28-13-8-14-29(23-28)40-26-47-43-34-17-6-4-15-32(34)33-16-5-7-18-35(33)44(43)48-40/h1-30H;1-26H. The molecule has 0 radical (unpaired) electrons. The topological polar surface area (TPSA) is 104 Å². The highest BCUT2D eigenvalue weighted by atomic mass is 16.4. The summed E-state index contributed by atoms with van der Waals surface area (Å²) >= 11 is 0. The van der Waals surface area contributed by atoms with Crippen molar-refractivity contribution < 1.29 is 17.7 Å². The van der Waals surface area contributed by atoms with Crippen LogP contribution in [0.15, 0.2) is 358 Å². The molecule has 0 bridgehead atoms. The zero-order valence-electron chi connectivity index (χ0n) is 56.8. The number of nitrogens with zero attached hydrogens (tertiary/aromatic N) is 4. The van der Waals surface area contributed by atoms with Gasteiger partial charge < -0.3 is 17.7 Å². The Morgan fingerprint density at radius 1 is 0.170 bits per heavy atom. The molecule has 8 heteroatoms. The van der Waals surface area contributed by atoms with Crippen LogP contribution in [-0.2, 0) is 0 Å². The zero-order valence-corrected chi connectivity index (χ0v) is 56.8. The minimum atomic E-state index is 0.789. The average molecular weight is 1350 g/mol. The second-order valence-corrected chi connectivity index (χ2v) is 27.4. The normalized spacial score (nSPS) is 12.0. The lowest BCUT2D eigenvalue weighted by atomic mass is 9.94. The quantitative estimate of drug-likeness (QED) is 0.145. The summed E-state index contributed by atoms with van der Waals surface area (Å²) < 4.78 is 26.4. The highest BCUT2D eigenvalue weighted by molar-refractivity contribution is 6.25. The van der Waals surface area contributed by atoms with E-state index in [1.807, 2.05) is 36.7 Å². The van der Waals surface area contributed by atoms with Crippen molar-refractivity contribution in [3.8, 4) is 78.1 Å². The number of para-hydroxylation sites is 2. The van der Waals surface area contributed by atoms with Crippen LogP contribution < -0.4 is 0 Å². The predicted octanol–water partition coefficient (Wildman–Crippen LogP) is 27.1. The average Bonchev–Trinajstić information content (AvgIpc) is 1.54. The molecular weight excluding hydrogens is 1300 g/mol. The highest BCUT2D eigenvalue weighted by Crippen LogP contribution is 2.47. The Labute approximate surface area is 604 Å². The molecule has 6 heterocycles. The summed E-state index contributed by atoms with van der Waals surface area (Å²) in [7, 11) is 0. The molecule has 6 aromatic heterocycles. The highest BCUT2D eigenvalue weighted by Gasteiger charge is 2.23. The fraction of sp³-hybridized carbons (Fsp3) is 0. The van der Waals surface area contributed by atoms with Crippen LogP contribution in [0.1, 0.15) is 0 Å². The summed E-state index contributed by atoms with van der Waals surface area (Å²) in [6, 6.07) is 115. The number of aromatic nitrogens is 4.